The fourth-order valence-corrected chi connectivity index (χ4v) is 3.40. The minimum atomic E-state index is -0.373. The average Bonchev–Trinajstić information content (AvgIpc) is 3.22. The van der Waals surface area contributed by atoms with Gasteiger partial charge < -0.3 is 20.9 Å². The molecule has 1 aliphatic heterocycles. The summed E-state index contributed by atoms with van der Waals surface area (Å²) in [4.78, 5) is 49.5. The second-order valence-corrected chi connectivity index (χ2v) is 7.82. The highest BCUT2D eigenvalue weighted by Gasteiger charge is 2.21. The fourth-order valence-electron chi connectivity index (χ4n) is 3.27. The van der Waals surface area contributed by atoms with Crippen molar-refractivity contribution in [2.24, 2.45) is 0 Å². The van der Waals surface area contributed by atoms with E-state index in [2.05, 4.69) is 16.0 Å². The minimum absolute atomic E-state index is 0.0846. The van der Waals surface area contributed by atoms with E-state index in [4.69, 9.17) is 11.6 Å². The number of anilines is 2. The van der Waals surface area contributed by atoms with E-state index in [1.54, 1.807) is 53.4 Å². The molecule has 1 fully saturated rings. The summed E-state index contributed by atoms with van der Waals surface area (Å²) in [6.45, 7) is 0.844. The van der Waals surface area contributed by atoms with E-state index in [9.17, 15) is 19.2 Å². The monoisotopic (exact) mass is 456 g/mol. The Bertz CT molecular complexity index is 976. The van der Waals surface area contributed by atoms with Gasteiger partial charge in [-0.05, 0) is 61.4 Å². The quantitative estimate of drug-likeness (QED) is 0.504. The third-order valence-corrected chi connectivity index (χ3v) is 5.21. The van der Waals surface area contributed by atoms with Crippen LogP contribution in [-0.2, 0) is 14.4 Å². The molecular formula is C23H25ClN4O4. The lowest BCUT2D eigenvalue weighted by Gasteiger charge is -2.15. The third-order valence-electron chi connectivity index (χ3n) is 4.95. The van der Waals surface area contributed by atoms with E-state index in [-0.39, 0.29) is 36.6 Å². The van der Waals surface area contributed by atoms with E-state index in [0.717, 1.165) is 12.1 Å². The molecule has 0 atom stereocenters. The van der Waals surface area contributed by atoms with Crippen molar-refractivity contribution in [2.75, 3.05) is 29.9 Å². The van der Waals surface area contributed by atoms with Crippen LogP contribution in [0.4, 0.5) is 11.4 Å². The predicted molar refractivity (Wildman–Crippen MR) is 123 cm³/mol. The smallest absolute Gasteiger partial charge is 0.251 e. The van der Waals surface area contributed by atoms with Gasteiger partial charge in [-0.2, -0.15) is 0 Å². The van der Waals surface area contributed by atoms with Gasteiger partial charge in [0, 0.05) is 47.9 Å². The molecule has 9 heteroatoms. The molecule has 8 nitrogen and oxygen atoms in total. The maximum Gasteiger partial charge on any atom is 0.251 e. The van der Waals surface area contributed by atoms with Gasteiger partial charge in [0.05, 0.1) is 6.54 Å². The molecule has 4 amide bonds. The van der Waals surface area contributed by atoms with Gasteiger partial charge in [-0.3, -0.25) is 19.2 Å². The highest BCUT2D eigenvalue weighted by molar-refractivity contribution is 6.30. The summed E-state index contributed by atoms with van der Waals surface area (Å²) in [5, 5.41) is 8.58. The number of nitrogens with one attached hydrogen (secondary N) is 3. The second-order valence-electron chi connectivity index (χ2n) is 7.39. The summed E-state index contributed by atoms with van der Waals surface area (Å²) in [7, 11) is 0. The Labute approximate surface area is 191 Å². The summed E-state index contributed by atoms with van der Waals surface area (Å²) in [5.74, 6) is -0.784. The lowest BCUT2D eigenvalue weighted by molar-refractivity contribution is -0.120. The van der Waals surface area contributed by atoms with Crippen molar-refractivity contribution in [1.29, 1.82) is 0 Å². The molecule has 1 heterocycles. The normalized spacial score (nSPS) is 13.0. The van der Waals surface area contributed by atoms with E-state index in [0.29, 0.717) is 42.2 Å². The van der Waals surface area contributed by atoms with Crippen LogP contribution in [0.2, 0.25) is 5.02 Å². The van der Waals surface area contributed by atoms with Crippen LogP contribution in [-0.4, -0.2) is 43.3 Å². The topological polar surface area (TPSA) is 108 Å². The van der Waals surface area contributed by atoms with Gasteiger partial charge in [0.1, 0.15) is 0 Å². The Balaban J connectivity index is 1.32. The molecule has 0 bridgehead atoms. The summed E-state index contributed by atoms with van der Waals surface area (Å²) in [5.41, 5.74) is 1.83. The number of carbonyl (C=O) groups excluding carboxylic acids is 4. The van der Waals surface area contributed by atoms with Crippen LogP contribution in [0.1, 0.15) is 36.0 Å². The first-order valence-corrected chi connectivity index (χ1v) is 10.8. The third kappa shape index (κ3) is 6.81. The number of hydrogen-bond acceptors (Lipinski definition) is 4. The maximum absolute atomic E-state index is 12.2. The predicted octanol–water partition coefficient (Wildman–Crippen LogP) is 2.73. The van der Waals surface area contributed by atoms with Crippen molar-refractivity contribution >= 4 is 46.6 Å². The lowest BCUT2D eigenvalue weighted by atomic mass is 10.2. The van der Waals surface area contributed by atoms with Gasteiger partial charge in [0.25, 0.3) is 5.91 Å². The van der Waals surface area contributed by atoms with E-state index in [1.807, 2.05) is 0 Å². The molecule has 3 N–H and O–H groups in total. The Morgan fingerprint density at radius 1 is 0.938 bits per heavy atom. The number of halogens is 1. The minimum Gasteiger partial charge on any atom is -0.355 e. The Morgan fingerprint density at radius 3 is 2.31 bits per heavy atom. The summed E-state index contributed by atoms with van der Waals surface area (Å²) < 4.78 is 0. The zero-order valence-corrected chi connectivity index (χ0v) is 18.3. The van der Waals surface area contributed by atoms with Crippen molar-refractivity contribution < 1.29 is 19.2 Å². The van der Waals surface area contributed by atoms with Crippen LogP contribution in [0, 0.1) is 0 Å². The number of benzene rings is 2. The van der Waals surface area contributed by atoms with Crippen molar-refractivity contribution in [3.63, 3.8) is 0 Å². The van der Waals surface area contributed by atoms with Crippen LogP contribution in [0.5, 0.6) is 0 Å². The largest absolute Gasteiger partial charge is 0.355 e. The van der Waals surface area contributed by atoms with E-state index < -0.39 is 0 Å². The number of amides is 4. The molecule has 0 aromatic heterocycles. The molecule has 0 aliphatic carbocycles. The molecule has 0 spiro atoms. The molecule has 1 saturated heterocycles. The van der Waals surface area contributed by atoms with Gasteiger partial charge in [-0.1, -0.05) is 11.6 Å². The molecule has 32 heavy (non-hydrogen) atoms. The van der Waals surface area contributed by atoms with Crippen LogP contribution < -0.4 is 20.9 Å². The van der Waals surface area contributed by atoms with Crippen LogP contribution in [0.25, 0.3) is 0 Å². The van der Waals surface area contributed by atoms with E-state index in [1.165, 1.54) is 0 Å². The Kier molecular flexibility index (Phi) is 8.21. The summed E-state index contributed by atoms with van der Waals surface area (Å²) in [6.07, 6.45) is 2.10. The number of hydrogen-bond donors (Lipinski definition) is 3. The molecule has 2 aromatic rings. The maximum atomic E-state index is 12.2. The first-order valence-electron chi connectivity index (χ1n) is 10.4. The zero-order valence-electron chi connectivity index (χ0n) is 17.5. The standard InChI is InChI=1S/C23H25ClN4O4/c24-17-7-9-18(10-8-17)27-20(29)3-1-13-25-21(30)15-26-23(32)16-5-11-19(12-6-16)28-14-2-4-22(28)31/h5-12H,1-4,13-15H2,(H,25,30)(H,26,32)(H,27,29). The molecule has 2 aromatic carbocycles. The molecule has 0 radical (unpaired) electrons. The Hall–Kier alpha value is -3.39. The number of rotatable bonds is 9. The zero-order chi connectivity index (χ0) is 22.9. The summed E-state index contributed by atoms with van der Waals surface area (Å²) in [6, 6.07) is 13.5. The van der Waals surface area contributed by atoms with E-state index >= 15 is 0 Å². The Morgan fingerprint density at radius 2 is 1.66 bits per heavy atom. The molecule has 168 valence electrons. The van der Waals surface area contributed by atoms with Gasteiger partial charge in [-0.15, -0.1) is 0 Å². The van der Waals surface area contributed by atoms with Gasteiger partial charge in [0.2, 0.25) is 17.7 Å². The second kappa shape index (κ2) is 11.3. The van der Waals surface area contributed by atoms with Gasteiger partial charge >= 0.3 is 0 Å². The first-order chi connectivity index (χ1) is 15.4. The molecular weight excluding hydrogens is 432 g/mol. The first kappa shape index (κ1) is 23.3. The molecule has 0 saturated carbocycles. The van der Waals surface area contributed by atoms with Crippen LogP contribution in [0.15, 0.2) is 48.5 Å². The van der Waals surface area contributed by atoms with Crippen molar-refractivity contribution in [3.8, 4) is 0 Å². The fraction of sp³-hybridized carbons (Fsp3) is 0.304. The lowest BCUT2D eigenvalue weighted by Crippen LogP contribution is -2.37. The molecule has 3 rings (SSSR count). The van der Waals surface area contributed by atoms with Gasteiger partial charge in [0.15, 0.2) is 0 Å². The molecule has 1 aliphatic rings. The molecule has 0 unspecified atom stereocenters. The van der Waals surface area contributed by atoms with Crippen LogP contribution >= 0.6 is 11.6 Å². The summed E-state index contributed by atoms with van der Waals surface area (Å²) >= 11 is 5.80. The highest BCUT2D eigenvalue weighted by Crippen LogP contribution is 2.21. The SMILES string of the molecule is O=C(CNC(=O)c1ccc(N2CCCC2=O)cc1)NCCCC(=O)Nc1ccc(Cl)cc1. The van der Waals surface area contributed by atoms with Crippen molar-refractivity contribution in [1.82, 2.24) is 10.6 Å². The number of carbonyl (C=O) groups is 4. The van der Waals surface area contributed by atoms with Crippen LogP contribution in [0.3, 0.4) is 0 Å². The van der Waals surface area contributed by atoms with Crippen molar-refractivity contribution in [2.45, 2.75) is 25.7 Å². The van der Waals surface area contributed by atoms with Gasteiger partial charge in [-0.25, -0.2) is 0 Å². The van der Waals surface area contributed by atoms with Crippen molar-refractivity contribution in [3.05, 3.63) is 59.1 Å². The average molecular weight is 457 g/mol. The highest BCUT2D eigenvalue weighted by atomic mass is 35.5. The number of nitrogens with zero attached hydrogens (tertiary/aromatic N) is 1.